The van der Waals surface area contributed by atoms with E-state index in [-0.39, 0.29) is 10.8 Å². The third-order valence-corrected chi connectivity index (χ3v) is 6.73. The molecule has 0 radical (unpaired) electrons. The van der Waals surface area contributed by atoms with Crippen molar-refractivity contribution in [3.8, 4) is 5.75 Å². The van der Waals surface area contributed by atoms with E-state index in [1.54, 1.807) is 19.9 Å². The fourth-order valence-corrected chi connectivity index (χ4v) is 4.76. The van der Waals surface area contributed by atoms with Crippen molar-refractivity contribution in [2.75, 3.05) is 44.6 Å². The van der Waals surface area contributed by atoms with Gasteiger partial charge in [-0.25, -0.2) is 8.42 Å². The summed E-state index contributed by atoms with van der Waals surface area (Å²) in [6, 6.07) is 4.63. The van der Waals surface area contributed by atoms with E-state index in [0.717, 1.165) is 25.9 Å². The SMILES string of the molecule is CCOc1ccc(S(=O)(=O)N(CC)CC)cc1NC(=O)CN1CCCCC1. The van der Waals surface area contributed by atoms with E-state index in [9.17, 15) is 13.2 Å². The zero-order valence-electron chi connectivity index (χ0n) is 16.5. The van der Waals surface area contributed by atoms with Gasteiger partial charge in [-0.15, -0.1) is 0 Å². The second kappa shape index (κ2) is 10.1. The zero-order valence-corrected chi connectivity index (χ0v) is 17.3. The van der Waals surface area contributed by atoms with E-state index >= 15 is 0 Å². The summed E-state index contributed by atoms with van der Waals surface area (Å²) in [5.74, 6) is 0.318. The van der Waals surface area contributed by atoms with Gasteiger partial charge < -0.3 is 10.1 Å². The van der Waals surface area contributed by atoms with Gasteiger partial charge in [0.25, 0.3) is 0 Å². The third kappa shape index (κ3) is 5.67. The molecular weight excluding hydrogens is 366 g/mol. The Morgan fingerprint density at radius 2 is 1.81 bits per heavy atom. The Bertz CT molecular complexity index is 726. The first-order valence-electron chi connectivity index (χ1n) is 9.71. The van der Waals surface area contributed by atoms with Crippen LogP contribution in [0.25, 0.3) is 0 Å². The van der Waals surface area contributed by atoms with Crippen molar-refractivity contribution in [2.24, 2.45) is 0 Å². The highest BCUT2D eigenvalue weighted by Crippen LogP contribution is 2.29. The molecule has 1 amide bonds. The van der Waals surface area contributed by atoms with Gasteiger partial charge in [0.2, 0.25) is 15.9 Å². The molecule has 1 aromatic carbocycles. The summed E-state index contributed by atoms with van der Waals surface area (Å²) in [6.07, 6.45) is 3.42. The molecule has 0 aromatic heterocycles. The van der Waals surface area contributed by atoms with Crippen LogP contribution >= 0.6 is 0 Å². The average molecular weight is 398 g/mol. The van der Waals surface area contributed by atoms with Gasteiger partial charge in [-0.1, -0.05) is 20.3 Å². The number of carbonyl (C=O) groups is 1. The van der Waals surface area contributed by atoms with E-state index in [1.165, 1.54) is 22.9 Å². The van der Waals surface area contributed by atoms with Gasteiger partial charge in [-0.05, 0) is 51.1 Å². The van der Waals surface area contributed by atoms with E-state index in [1.807, 2.05) is 6.92 Å². The molecule has 8 heteroatoms. The topological polar surface area (TPSA) is 79.0 Å². The van der Waals surface area contributed by atoms with Crippen molar-refractivity contribution >= 4 is 21.6 Å². The molecule has 0 bridgehead atoms. The summed E-state index contributed by atoms with van der Waals surface area (Å²) in [5, 5.41) is 2.84. The molecule has 2 rings (SSSR count). The molecular formula is C19H31N3O4S. The van der Waals surface area contributed by atoms with Crippen LogP contribution in [0.2, 0.25) is 0 Å². The van der Waals surface area contributed by atoms with Crippen molar-refractivity contribution in [3.05, 3.63) is 18.2 Å². The van der Waals surface area contributed by atoms with Gasteiger partial charge in [0.1, 0.15) is 5.75 Å². The molecule has 0 atom stereocenters. The highest BCUT2D eigenvalue weighted by molar-refractivity contribution is 7.89. The number of ether oxygens (including phenoxy) is 1. The molecule has 0 spiro atoms. The van der Waals surface area contributed by atoms with Crippen LogP contribution in [0.1, 0.15) is 40.0 Å². The molecule has 1 heterocycles. The number of benzene rings is 1. The molecule has 0 saturated carbocycles. The summed E-state index contributed by atoms with van der Waals surface area (Å²) in [7, 11) is -3.60. The molecule has 7 nitrogen and oxygen atoms in total. The first-order chi connectivity index (χ1) is 12.9. The van der Waals surface area contributed by atoms with Crippen LogP contribution in [-0.4, -0.2) is 62.9 Å². The number of piperidine rings is 1. The fourth-order valence-electron chi connectivity index (χ4n) is 3.27. The highest BCUT2D eigenvalue weighted by Gasteiger charge is 2.23. The monoisotopic (exact) mass is 397 g/mol. The highest BCUT2D eigenvalue weighted by atomic mass is 32.2. The van der Waals surface area contributed by atoms with Crippen molar-refractivity contribution in [1.82, 2.24) is 9.21 Å². The minimum absolute atomic E-state index is 0.155. The van der Waals surface area contributed by atoms with Gasteiger partial charge in [-0.3, -0.25) is 9.69 Å². The van der Waals surface area contributed by atoms with Gasteiger partial charge in [-0.2, -0.15) is 4.31 Å². The quantitative estimate of drug-likeness (QED) is 0.693. The van der Waals surface area contributed by atoms with Crippen LogP contribution in [0, 0.1) is 0 Å². The molecule has 0 unspecified atom stereocenters. The van der Waals surface area contributed by atoms with Gasteiger partial charge in [0, 0.05) is 13.1 Å². The number of nitrogens with one attached hydrogen (secondary N) is 1. The molecule has 1 fully saturated rings. The normalized spacial score (nSPS) is 15.7. The van der Waals surface area contributed by atoms with Crippen molar-refractivity contribution in [1.29, 1.82) is 0 Å². The molecule has 0 aliphatic carbocycles. The summed E-state index contributed by atoms with van der Waals surface area (Å²) in [5.41, 5.74) is 0.395. The van der Waals surface area contributed by atoms with Crippen LogP contribution < -0.4 is 10.1 Å². The third-order valence-electron chi connectivity index (χ3n) is 4.68. The lowest BCUT2D eigenvalue weighted by molar-refractivity contribution is -0.117. The molecule has 1 aromatic rings. The first-order valence-corrected chi connectivity index (χ1v) is 11.2. The van der Waals surface area contributed by atoms with Crippen LogP contribution in [0.15, 0.2) is 23.1 Å². The number of carbonyl (C=O) groups excluding carboxylic acids is 1. The minimum atomic E-state index is -3.60. The summed E-state index contributed by atoms with van der Waals surface area (Å²) in [4.78, 5) is 14.8. The maximum atomic E-state index is 12.8. The van der Waals surface area contributed by atoms with Gasteiger partial charge in [0.05, 0.1) is 23.7 Å². The maximum absolute atomic E-state index is 12.8. The number of amides is 1. The average Bonchev–Trinajstić information content (AvgIpc) is 2.64. The lowest BCUT2D eigenvalue weighted by Crippen LogP contribution is -2.37. The van der Waals surface area contributed by atoms with Gasteiger partial charge >= 0.3 is 0 Å². The van der Waals surface area contributed by atoms with Crippen LogP contribution in [0.4, 0.5) is 5.69 Å². The second-order valence-electron chi connectivity index (χ2n) is 6.57. The molecule has 1 N–H and O–H groups in total. The summed E-state index contributed by atoms with van der Waals surface area (Å²) in [6.45, 7) is 8.80. The number of rotatable bonds is 9. The van der Waals surface area contributed by atoms with E-state index in [0.29, 0.717) is 37.7 Å². The molecule has 27 heavy (non-hydrogen) atoms. The summed E-state index contributed by atoms with van der Waals surface area (Å²) < 4.78 is 32.5. The molecule has 1 saturated heterocycles. The van der Waals surface area contributed by atoms with E-state index in [2.05, 4.69) is 10.2 Å². The first kappa shape index (κ1) is 21.7. The number of likely N-dealkylation sites (tertiary alicyclic amines) is 1. The van der Waals surface area contributed by atoms with Crippen LogP contribution in [-0.2, 0) is 14.8 Å². The predicted molar refractivity (Wildman–Crippen MR) is 107 cm³/mol. The van der Waals surface area contributed by atoms with E-state index < -0.39 is 10.0 Å². The van der Waals surface area contributed by atoms with Gasteiger partial charge in [0.15, 0.2) is 0 Å². The van der Waals surface area contributed by atoms with Crippen molar-refractivity contribution < 1.29 is 17.9 Å². The Balaban J connectivity index is 2.23. The summed E-state index contributed by atoms with van der Waals surface area (Å²) >= 11 is 0. The standard InChI is InChI=1S/C19H31N3O4S/c1-4-22(5-2)27(24,25)16-10-11-18(26-6-3)17(14-16)20-19(23)15-21-12-8-7-9-13-21/h10-11,14H,4-9,12-13,15H2,1-3H3,(H,20,23). The van der Waals surface area contributed by atoms with Crippen LogP contribution in [0.3, 0.4) is 0 Å². The zero-order chi connectivity index (χ0) is 19.9. The Labute approximate surface area is 162 Å². The van der Waals surface area contributed by atoms with E-state index in [4.69, 9.17) is 4.74 Å². The Kier molecular flexibility index (Phi) is 8.07. The Morgan fingerprint density at radius 1 is 1.15 bits per heavy atom. The number of hydrogen-bond donors (Lipinski definition) is 1. The Morgan fingerprint density at radius 3 is 2.41 bits per heavy atom. The van der Waals surface area contributed by atoms with Crippen LogP contribution in [0.5, 0.6) is 5.75 Å². The minimum Gasteiger partial charge on any atom is -0.492 e. The largest absolute Gasteiger partial charge is 0.492 e. The smallest absolute Gasteiger partial charge is 0.243 e. The molecule has 152 valence electrons. The van der Waals surface area contributed by atoms with Crippen molar-refractivity contribution in [2.45, 2.75) is 44.9 Å². The number of sulfonamides is 1. The fraction of sp³-hybridized carbons (Fsp3) is 0.632. The Hall–Kier alpha value is -1.64. The number of hydrogen-bond acceptors (Lipinski definition) is 5. The molecule has 1 aliphatic heterocycles. The van der Waals surface area contributed by atoms with Crippen molar-refractivity contribution in [3.63, 3.8) is 0 Å². The second-order valence-corrected chi connectivity index (χ2v) is 8.50. The maximum Gasteiger partial charge on any atom is 0.243 e. The molecule has 1 aliphatic rings. The number of anilines is 1. The lowest BCUT2D eigenvalue weighted by Gasteiger charge is -2.26. The predicted octanol–water partition coefficient (Wildman–Crippen LogP) is 2.54. The lowest BCUT2D eigenvalue weighted by atomic mass is 10.1. The number of nitrogens with zero attached hydrogens (tertiary/aromatic N) is 2.